The summed E-state index contributed by atoms with van der Waals surface area (Å²) >= 11 is 0. The topological polar surface area (TPSA) is 74.6 Å². The van der Waals surface area contributed by atoms with Gasteiger partial charge in [-0.05, 0) is 51.9 Å². The lowest BCUT2D eigenvalue weighted by atomic mass is 9.95. The molecule has 2 N–H and O–H groups in total. The molecule has 1 unspecified atom stereocenters. The van der Waals surface area contributed by atoms with Gasteiger partial charge in [0.15, 0.2) is 0 Å². The van der Waals surface area contributed by atoms with Gasteiger partial charge in [0, 0.05) is 6.42 Å². The minimum absolute atomic E-state index is 0.154. The van der Waals surface area contributed by atoms with Crippen molar-refractivity contribution in [3.05, 3.63) is 11.6 Å². The van der Waals surface area contributed by atoms with Crippen LogP contribution in [0.5, 0.6) is 0 Å². The molecule has 25 heavy (non-hydrogen) atoms. The molecule has 0 radical (unpaired) electrons. The maximum absolute atomic E-state index is 11.2. The molecule has 0 aliphatic rings. The number of allylic oxidation sites excluding steroid dienone is 2. The Morgan fingerprint density at radius 1 is 0.840 bits per heavy atom. The van der Waals surface area contributed by atoms with Crippen molar-refractivity contribution in [3.63, 3.8) is 0 Å². The third kappa shape index (κ3) is 15.9. The molecule has 0 spiro atoms. The average Bonchev–Trinajstić information content (AvgIpc) is 2.56. The molecule has 4 heteroatoms. The van der Waals surface area contributed by atoms with Crippen molar-refractivity contribution in [2.24, 2.45) is 5.92 Å². The molecule has 0 fully saturated rings. The summed E-state index contributed by atoms with van der Waals surface area (Å²) in [5, 5.41) is 17.8. The van der Waals surface area contributed by atoms with Crippen molar-refractivity contribution in [2.45, 2.75) is 104 Å². The molecule has 0 aliphatic heterocycles. The molecule has 146 valence electrons. The van der Waals surface area contributed by atoms with E-state index in [0.29, 0.717) is 0 Å². The fourth-order valence-electron chi connectivity index (χ4n) is 3.04. The third-order valence-electron chi connectivity index (χ3n) is 4.72. The maximum Gasteiger partial charge on any atom is 0.306 e. The van der Waals surface area contributed by atoms with Crippen LogP contribution in [0.15, 0.2) is 11.6 Å². The van der Waals surface area contributed by atoms with Crippen molar-refractivity contribution in [1.82, 2.24) is 0 Å². The highest BCUT2D eigenvalue weighted by Crippen LogP contribution is 2.18. The van der Waals surface area contributed by atoms with Gasteiger partial charge in [-0.15, -0.1) is 0 Å². The lowest BCUT2D eigenvalue weighted by Gasteiger charge is -2.11. The van der Waals surface area contributed by atoms with Crippen LogP contribution in [0.3, 0.4) is 0 Å². The van der Waals surface area contributed by atoms with Crippen LogP contribution in [-0.4, -0.2) is 22.2 Å². The van der Waals surface area contributed by atoms with Crippen molar-refractivity contribution < 1.29 is 19.8 Å². The monoisotopic (exact) mass is 354 g/mol. The predicted octanol–water partition coefficient (Wildman–Crippen LogP) is 6.20. The van der Waals surface area contributed by atoms with Crippen LogP contribution in [0.2, 0.25) is 0 Å². The molecule has 0 aromatic heterocycles. The van der Waals surface area contributed by atoms with Crippen molar-refractivity contribution in [3.8, 4) is 0 Å². The predicted molar refractivity (Wildman–Crippen MR) is 103 cm³/mol. The van der Waals surface area contributed by atoms with Crippen LogP contribution < -0.4 is 0 Å². The van der Waals surface area contributed by atoms with Gasteiger partial charge in [-0.3, -0.25) is 9.59 Å². The van der Waals surface area contributed by atoms with Crippen molar-refractivity contribution >= 4 is 11.9 Å². The number of rotatable bonds is 17. The number of hydrogen-bond acceptors (Lipinski definition) is 2. The summed E-state index contributed by atoms with van der Waals surface area (Å²) in [6.45, 7) is 4.27. The molecule has 0 amide bonds. The van der Waals surface area contributed by atoms with E-state index in [1.54, 1.807) is 0 Å². The van der Waals surface area contributed by atoms with Crippen molar-refractivity contribution in [1.29, 1.82) is 0 Å². The van der Waals surface area contributed by atoms with E-state index in [0.717, 1.165) is 83.5 Å². The number of carboxylic acid groups (broad SMARTS) is 2. The second-order valence-electron chi connectivity index (χ2n) is 7.17. The number of carbonyl (C=O) groups is 2. The van der Waals surface area contributed by atoms with E-state index in [4.69, 9.17) is 5.11 Å². The smallest absolute Gasteiger partial charge is 0.306 e. The van der Waals surface area contributed by atoms with E-state index < -0.39 is 11.9 Å². The van der Waals surface area contributed by atoms with E-state index in [1.807, 2.05) is 0 Å². The Labute approximate surface area is 153 Å². The third-order valence-corrected chi connectivity index (χ3v) is 4.72. The lowest BCUT2D eigenvalue weighted by molar-refractivity contribution is -0.142. The van der Waals surface area contributed by atoms with Crippen LogP contribution in [0.25, 0.3) is 0 Å². The SMILES string of the molecule is CCCCC(CCCCCC=C(C)CCCCCCC(=O)O)C(=O)O. The molecule has 0 aliphatic carbocycles. The van der Waals surface area contributed by atoms with E-state index in [2.05, 4.69) is 19.9 Å². The highest BCUT2D eigenvalue weighted by atomic mass is 16.4. The number of carboxylic acids is 2. The zero-order chi connectivity index (χ0) is 18.9. The minimum atomic E-state index is -0.698. The van der Waals surface area contributed by atoms with Gasteiger partial charge in [0.2, 0.25) is 0 Å². The molecule has 0 rings (SSSR count). The van der Waals surface area contributed by atoms with Gasteiger partial charge in [0.25, 0.3) is 0 Å². The standard InChI is InChI=1S/C21H38O4/c1-3-4-15-19(21(24)25)16-11-7-5-9-13-18(2)14-10-6-8-12-17-20(22)23/h13,19H,3-12,14-17H2,1-2H3,(H,22,23)(H,24,25). The van der Waals surface area contributed by atoms with Gasteiger partial charge >= 0.3 is 11.9 Å². The Balaban J connectivity index is 3.62. The van der Waals surface area contributed by atoms with Crippen LogP contribution in [0, 0.1) is 5.92 Å². The van der Waals surface area contributed by atoms with E-state index >= 15 is 0 Å². The quantitative estimate of drug-likeness (QED) is 0.241. The molecule has 0 aromatic carbocycles. The largest absolute Gasteiger partial charge is 0.481 e. The summed E-state index contributed by atoms with van der Waals surface area (Å²) in [5.41, 5.74) is 1.42. The van der Waals surface area contributed by atoms with Crippen molar-refractivity contribution in [2.75, 3.05) is 0 Å². The van der Waals surface area contributed by atoms with Gasteiger partial charge in [0.05, 0.1) is 5.92 Å². The maximum atomic E-state index is 11.2. The van der Waals surface area contributed by atoms with E-state index in [-0.39, 0.29) is 12.3 Å². The van der Waals surface area contributed by atoms with E-state index in [1.165, 1.54) is 5.57 Å². The fourth-order valence-corrected chi connectivity index (χ4v) is 3.04. The van der Waals surface area contributed by atoms with Crippen LogP contribution >= 0.6 is 0 Å². The Morgan fingerprint density at radius 2 is 1.44 bits per heavy atom. The minimum Gasteiger partial charge on any atom is -0.481 e. The number of hydrogen-bond donors (Lipinski definition) is 2. The first-order chi connectivity index (χ1) is 12.0. The first-order valence-corrected chi connectivity index (χ1v) is 10.1. The second-order valence-corrected chi connectivity index (χ2v) is 7.17. The molecular weight excluding hydrogens is 316 g/mol. The highest BCUT2D eigenvalue weighted by Gasteiger charge is 2.15. The van der Waals surface area contributed by atoms with Gasteiger partial charge in [-0.25, -0.2) is 0 Å². The summed E-state index contributed by atoms with van der Waals surface area (Å²) in [6.07, 6.45) is 15.8. The summed E-state index contributed by atoms with van der Waals surface area (Å²) in [6, 6.07) is 0. The van der Waals surface area contributed by atoms with E-state index in [9.17, 15) is 14.7 Å². The van der Waals surface area contributed by atoms with Gasteiger partial charge in [-0.1, -0.05) is 57.1 Å². The molecule has 4 nitrogen and oxygen atoms in total. The summed E-state index contributed by atoms with van der Waals surface area (Å²) in [4.78, 5) is 21.6. The Hall–Kier alpha value is -1.32. The molecule has 1 atom stereocenters. The number of aliphatic carboxylic acids is 2. The lowest BCUT2D eigenvalue weighted by Crippen LogP contribution is -2.13. The van der Waals surface area contributed by atoms with Gasteiger partial charge in [0.1, 0.15) is 0 Å². The Kier molecular flexibility index (Phi) is 15.3. The summed E-state index contributed by atoms with van der Waals surface area (Å²) in [5.74, 6) is -1.48. The summed E-state index contributed by atoms with van der Waals surface area (Å²) in [7, 11) is 0. The average molecular weight is 355 g/mol. The molecule has 0 aromatic rings. The van der Waals surface area contributed by atoms with Crippen LogP contribution in [0.4, 0.5) is 0 Å². The summed E-state index contributed by atoms with van der Waals surface area (Å²) < 4.78 is 0. The molecule has 0 saturated heterocycles. The Bertz CT molecular complexity index is 387. The molecule has 0 saturated carbocycles. The first kappa shape index (κ1) is 23.7. The fraction of sp³-hybridized carbons (Fsp3) is 0.810. The van der Waals surface area contributed by atoms with Crippen LogP contribution in [0.1, 0.15) is 104 Å². The van der Waals surface area contributed by atoms with Gasteiger partial charge < -0.3 is 10.2 Å². The molecular formula is C21H38O4. The van der Waals surface area contributed by atoms with Gasteiger partial charge in [-0.2, -0.15) is 0 Å². The number of unbranched alkanes of at least 4 members (excludes halogenated alkanes) is 7. The zero-order valence-electron chi connectivity index (χ0n) is 16.3. The second kappa shape index (κ2) is 16.2. The first-order valence-electron chi connectivity index (χ1n) is 10.1. The Morgan fingerprint density at radius 3 is 2.04 bits per heavy atom. The normalized spacial score (nSPS) is 13.0. The highest BCUT2D eigenvalue weighted by molar-refractivity contribution is 5.69. The van der Waals surface area contributed by atoms with Crippen LogP contribution in [-0.2, 0) is 9.59 Å². The zero-order valence-corrected chi connectivity index (χ0v) is 16.3. The molecule has 0 bridgehead atoms. The molecule has 0 heterocycles.